The Morgan fingerprint density at radius 3 is 2.61 bits per heavy atom. The Bertz CT molecular complexity index is 1040. The molecule has 2 aliphatic rings. The fraction of sp³-hybridized carbons (Fsp3) is 0.435. The van der Waals surface area contributed by atoms with Crippen LogP contribution in [0.3, 0.4) is 0 Å². The normalized spacial score (nSPS) is 20.9. The standard InChI is InChI=1S/C23H26ClN5O4/c1-14-2-8-18(21(26-14)23(32)28-19-9-5-16(24)12-25-19)27-22(31)15-3-6-17(7-4-15)29-10-11-33-13-20(29)30/h2,5,8-9,12,15,17H,3-4,6-7,10-11,13H2,1H3,(H,27,31)(H,25,28,32). The van der Waals surface area contributed by atoms with Gasteiger partial charge in [-0.25, -0.2) is 9.97 Å². The molecule has 0 spiro atoms. The molecule has 174 valence electrons. The third-order valence-corrected chi connectivity index (χ3v) is 6.23. The quantitative estimate of drug-likeness (QED) is 0.692. The van der Waals surface area contributed by atoms with Gasteiger partial charge in [0, 0.05) is 30.4 Å². The number of nitrogens with one attached hydrogen (secondary N) is 2. The zero-order chi connectivity index (χ0) is 23.4. The minimum Gasteiger partial charge on any atom is -0.370 e. The summed E-state index contributed by atoms with van der Waals surface area (Å²) < 4.78 is 5.21. The van der Waals surface area contributed by atoms with Gasteiger partial charge >= 0.3 is 0 Å². The van der Waals surface area contributed by atoms with E-state index >= 15 is 0 Å². The molecule has 10 heteroatoms. The van der Waals surface area contributed by atoms with Crippen LogP contribution in [0.15, 0.2) is 30.5 Å². The summed E-state index contributed by atoms with van der Waals surface area (Å²) in [6.07, 6.45) is 4.33. The topological polar surface area (TPSA) is 114 Å². The zero-order valence-electron chi connectivity index (χ0n) is 18.3. The second-order valence-corrected chi connectivity index (χ2v) is 8.74. The largest absolute Gasteiger partial charge is 0.370 e. The lowest BCUT2D eigenvalue weighted by molar-refractivity contribution is -0.146. The fourth-order valence-corrected chi connectivity index (χ4v) is 4.37. The summed E-state index contributed by atoms with van der Waals surface area (Å²) >= 11 is 5.84. The third kappa shape index (κ3) is 5.66. The highest BCUT2D eigenvalue weighted by Crippen LogP contribution is 2.30. The van der Waals surface area contributed by atoms with Gasteiger partial charge < -0.3 is 20.3 Å². The average molecular weight is 472 g/mol. The Hall–Kier alpha value is -3.04. The van der Waals surface area contributed by atoms with E-state index in [9.17, 15) is 14.4 Å². The number of ether oxygens (including phenoxy) is 1. The number of rotatable bonds is 5. The molecular formula is C23H26ClN5O4. The molecule has 0 atom stereocenters. The van der Waals surface area contributed by atoms with Crippen molar-refractivity contribution in [3.05, 3.63) is 46.9 Å². The van der Waals surface area contributed by atoms with Crippen LogP contribution in [-0.4, -0.2) is 58.4 Å². The van der Waals surface area contributed by atoms with E-state index in [0.717, 1.165) is 12.8 Å². The van der Waals surface area contributed by atoms with Gasteiger partial charge in [0.15, 0.2) is 5.69 Å². The van der Waals surface area contributed by atoms with E-state index in [2.05, 4.69) is 20.6 Å². The second kappa shape index (κ2) is 10.3. The van der Waals surface area contributed by atoms with Crippen molar-refractivity contribution in [3.8, 4) is 0 Å². The van der Waals surface area contributed by atoms with Crippen LogP contribution in [0.2, 0.25) is 5.02 Å². The van der Waals surface area contributed by atoms with Crippen molar-refractivity contribution >= 4 is 40.8 Å². The van der Waals surface area contributed by atoms with Crippen LogP contribution in [0, 0.1) is 12.8 Å². The predicted molar refractivity (Wildman–Crippen MR) is 123 cm³/mol. The van der Waals surface area contributed by atoms with Gasteiger partial charge in [-0.3, -0.25) is 14.4 Å². The number of amides is 3. The van der Waals surface area contributed by atoms with E-state index < -0.39 is 5.91 Å². The van der Waals surface area contributed by atoms with Gasteiger partial charge in [-0.05, 0) is 56.9 Å². The number of hydrogen-bond acceptors (Lipinski definition) is 6. The lowest BCUT2D eigenvalue weighted by Crippen LogP contribution is -2.49. The first-order valence-corrected chi connectivity index (χ1v) is 11.4. The third-order valence-electron chi connectivity index (χ3n) is 6.01. The molecule has 33 heavy (non-hydrogen) atoms. The lowest BCUT2D eigenvalue weighted by atomic mass is 9.84. The monoisotopic (exact) mass is 471 g/mol. The number of hydrogen-bond donors (Lipinski definition) is 2. The summed E-state index contributed by atoms with van der Waals surface area (Å²) in [5.41, 5.74) is 1.12. The van der Waals surface area contributed by atoms with Crippen molar-refractivity contribution in [1.29, 1.82) is 0 Å². The second-order valence-electron chi connectivity index (χ2n) is 8.30. The van der Waals surface area contributed by atoms with E-state index in [1.54, 1.807) is 31.2 Å². The molecule has 9 nitrogen and oxygen atoms in total. The van der Waals surface area contributed by atoms with Crippen molar-refractivity contribution in [2.75, 3.05) is 30.4 Å². The maximum Gasteiger partial charge on any atom is 0.277 e. The van der Waals surface area contributed by atoms with Crippen LogP contribution in [0.4, 0.5) is 11.5 Å². The first kappa shape index (κ1) is 23.1. The van der Waals surface area contributed by atoms with Crippen molar-refractivity contribution < 1.29 is 19.1 Å². The van der Waals surface area contributed by atoms with Crippen LogP contribution in [0.25, 0.3) is 0 Å². The summed E-state index contributed by atoms with van der Waals surface area (Å²) in [4.78, 5) is 48.2. The van der Waals surface area contributed by atoms with E-state index in [1.807, 2.05) is 4.90 Å². The summed E-state index contributed by atoms with van der Waals surface area (Å²) in [7, 11) is 0. The van der Waals surface area contributed by atoms with Gasteiger partial charge in [0.1, 0.15) is 12.4 Å². The number of aryl methyl sites for hydroxylation is 1. The van der Waals surface area contributed by atoms with Gasteiger partial charge in [0.05, 0.1) is 17.3 Å². The molecule has 1 aliphatic carbocycles. The minimum atomic E-state index is -0.474. The number of halogens is 1. The molecule has 1 aliphatic heterocycles. The predicted octanol–water partition coefficient (Wildman–Crippen LogP) is 3.05. The van der Waals surface area contributed by atoms with Crippen molar-refractivity contribution in [1.82, 2.24) is 14.9 Å². The first-order chi connectivity index (χ1) is 15.9. The summed E-state index contributed by atoms with van der Waals surface area (Å²) in [5.74, 6) is -0.455. The molecule has 1 saturated carbocycles. The molecule has 0 bridgehead atoms. The molecule has 3 heterocycles. The first-order valence-electron chi connectivity index (χ1n) is 11.0. The Balaban J connectivity index is 1.39. The number of nitrogens with zero attached hydrogens (tertiary/aromatic N) is 3. The summed E-state index contributed by atoms with van der Waals surface area (Å²) in [6, 6.07) is 6.79. The Kier molecular flexibility index (Phi) is 7.20. The van der Waals surface area contributed by atoms with Crippen LogP contribution in [0.5, 0.6) is 0 Å². The molecule has 0 aromatic carbocycles. The average Bonchev–Trinajstić information content (AvgIpc) is 2.82. The SMILES string of the molecule is Cc1ccc(NC(=O)C2CCC(N3CCOCC3=O)CC2)c(C(=O)Nc2ccc(Cl)cn2)n1. The van der Waals surface area contributed by atoms with Gasteiger partial charge in [0.2, 0.25) is 11.8 Å². The molecule has 2 aromatic rings. The smallest absolute Gasteiger partial charge is 0.277 e. The highest BCUT2D eigenvalue weighted by Gasteiger charge is 2.33. The van der Waals surface area contributed by atoms with Gasteiger partial charge in [-0.2, -0.15) is 0 Å². The molecule has 1 saturated heterocycles. The zero-order valence-corrected chi connectivity index (χ0v) is 19.1. The number of carbonyl (C=O) groups excluding carboxylic acids is 3. The number of aromatic nitrogens is 2. The molecule has 2 fully saturated rings. The van der Waals surface area contributed by atoms with E-state index in [0.29, 0.717) is 48.2 Å². The Morgan fingerprint density at radius 2 is 1.91 bits per heavy atom. The number of morpholine rings is 1. The molecule has 4 rings (SSSR count). The highest BCUT2D eigenvalue weighted by molar-refractivity contribution is 6.30. The van der Waals surface area contributed by atoms with Crippen LogP contribution in [0.1, 0.15) is 41.9 Å². The van der Waals surface area contributed by atoms with Gasteiger partial charge in [-0.15, -0.1) is 0 Å². The number of pyridine rings is 2. The molecule has 3 amide bonds. The van der Waals surface area contributed by atoms with E-state index in [4.69, 9.17) is 16.3 Å². The molecule has 2 aromatic heterocycles. The molecular weight excluding hydrogens is 446 g/mol. The Labute approximate surface area is 196 Å². The number of carbonyl (C=O) groups is 3. The van der Waals surface area contributed by atoms with Crippen molar-refractivity contribution in [2.45, 2.75) is 38.6 Å². The Morgan fingerprint density at radius 1 is 1.12 bits per heavy atom. The van der Waals surface area contributed by atoms with Crippen molar-refractivity contribution in [3.63, 3.8) is 0 Å². The molecule has 2 N–H and O–H groups in total. The molecule has 0 radical (unpaired) electrons. The van der Waals surface area contributed by atoms with Crippen LogP contribution < -0.4 is 10.6 Å². The fourth-order valence-electron chi connectivity index (χ4n) is 4.26. The van der Waals surface area contributed by atoms with Gasteiger partial charge in [0.25, 0.3) is 5.91 Å². The van der Waals surface area contributed by atoms with E-state index in [-0.39, 0.29) is 36.1 Å². The maximum atomic E-state index is 13.0. The number of anilines is 2. The highest BCUT2D eigenvalue weighted by atomic mass is 35.5. The van der Waals surface area contributed by atoms with Crippen molar-refractivity contribution in [2.24, 2.45) is 5.92 Å². The maximum absolute atomic E-state index is 13.0. The summed E-state index contributed by atoms with van der Waals surface area (Å²) in [5, 5.41) is 6.02. The van der Waals surface area contributed by atoms with Crippen LogP contribution in [-0.2, 0) is 14.3 Å². The lowest BCUT2D eigenvalue weighted by Gasteiger charge is -2.38. The summed E-state index contributed by atoms with van der Waals surface area (Å²) in [6.45, 7) is 3.08. The van der Waals surface area contributed by atoms with Crippen LogP contribution >= 0.6 is 11.6 Å². The molecule has 0 unspecified atom stereocenters. The van der Waals surface area contributed by atoms with Gasteiger partial charge in [-0.1, -0.05) is 11.6 Å². The van der Waals surface area contributed by atoms with E-state index in [1.165, 1.54) is 6.20 Å². The minimum absolute atomic E-state index is 0.0192.